The van der Waals surface area contributed by atoms with Crippen molar-refractivity contribution in [2.24, 2.45) is 5.16 Å². The van der Waals surface area contributed by atoms with E-state index >= 15 is 0 Å². The molecule has 0 aromatic heterocycles. The number of rotatable bonds is 6. The molecular weight excluding hydrogens is 326 g/mol. The van der Waals surface area contributed by atoms with Gasteiger partial charge in [0, 0.05) is 5.02 Å². The minimum absolute atomic E-state index is 0.451. The van der Waals surface area contributed by atoms with Crippen LogP contribution in [0.2, 0.25) is 5.02 Å². The lowest BCUT2D eigenvalue weighted by molar-refractivity contribution is 0.0153. The summed E-state index contributed by atoms with van der Waals surface area (Å²) < 4.78 is 12.1. The summed E-state index contributed by atoms with van der Waals surface area (Å²) in [5, 5.41) is 4.46. The van der Waals surface area contributed by atoms with E-state index in [1.807, 2.05) is 62.4 Å². The normalized spacial score (nSPS) is 20.2. The lowest BCUT2D eigenvalue weighted by Gasteiger charge is -2.33. The van der Waals surface area contributed by atoms with Crippen LogP contribution in [0.1, 0.15) is 25.0 Å². The maximum atomic E-state index is 6.24. The van der Waals surface area contributed by atoms with Crippen molar-refractivity contribution in [2.45, 2.75) is 25.0 Å². The van der Waals surface area contributed by atoms with Crippen LogP contribution in [-0.4, -0.2) is 25.5 Å². The molecule has 1 fully saturated rings. The molecule has 0 radical (unpaired) electrons. The first-order valence-electron chi connectivity index (χ1n) is 7.72. The van der Waals surface area contributed by atoms with Gasteiger partial charge < -0.3 is 14.3 Å². The van der Waals surface area contributed by atoms with E-state index < -0.39 is 11.2 Å². The molecule has 0 saturated carbocycles. The summed E-state index contributed by atoms with van der Waals surface area (Å²) in [7, 11) is 1.52. The minimum Gasteiger partial charge on any atom is -0.484 e. The van der Waals surface area contributed by atoms with Gasteiger partial charge in [-0.15, -0.1) is 0 Å². The lowest BCUT2D eigenvalue weighted by Crippen LogP contribution is -2.43. The van der Waals surface area contributed by atoms with E-state index in [1.165, 1.54) is 7.11 Å². The van der Waals surface area contributed by atoms with Crippen LogP contribution >= 0.6 is 11.6 Å². The van der Waals surface area contributed by atoms with Crippen LogP contribution in [0.4, 0.5) is 0 Å². The average Bonchev–Trinajstić information content (AvgIpc) is 3.37. The van der Waals surface area contributed by atoms with Crippen LogP contribution in [-0.2, 0) is 15.2 Å². The zero-order chi connectivity index (χ0) is 17.2. The van der Waals surface area contributed by atoms with Crippen molar-refractivity contribution in [3.8, 4) is 5.75 Å². The molecular formula is C19H20ClNO3. The number of halogens is 1. The Hall–Kier alpha value is -2.04. The molecule has 0 bridgehead atoms. The van der Waals surface area contributed by atoms with Crippen molar-refractivity contribution in [3.63, 3.8) is 0 Å². The van der Waals surface area contributed by atoms with Crippen molar-refractivity contribution < 1.29 is 14.3 Å². The Morgan fingerprint density at radius 1 is 1.12 bits per heavy atom. The van der Waals surface area contributed by atoms with E-state index in [1.54, 1.807) is 6.21 Å². The predicted octanol–water partition coefficient (Wildman–Crippen LogP) is 4.40. The fourth-order valence-corrected chi connectivity index (χ4v) is 2.89. The molecule has 3 rings (SSSR count). The summed E-state index contributed by atoms with van der Waals surface area (Å²) in [5.74, 6) is 0.776. The predicted molar refractivity (Wildman–Crippen MR) is 94.8 cm³/mol. The Morgan fingerprint density at radius 3 is 2.29 bits per heavy atom. The van der Waals surface area contributed by atoms with Gasteiger partial charge in [-0.3, -0.25) is 0 Å². The Bertz CT molecular complexity index is 719. The summed E-state index contributed by atoms with van der Waals surface area (Å²) in [4.78, 5) is 4.68. The van der Waals surface area contributed by atoms with E-state index in [2.05, 4.69) is 9.99 Å². The first kappa shape index (κ1) is 16.8. The van der Waals surface area contributed by atoms with Crippen LogP contribution in [0.25, 0.3) is 0 Å². The number of hydrogen-bond acceptors (Lipinski definition) is 4. The van der Waals surface area contributed by atoms with Crippen LogP contribution < -0.4 is 4.74 Å². The van der Waals surface area contributed by atoms with Crippen LogP contribution in [0.5, 0.6) is 5.75 Å². The Morgan fingerprint density at radius 2 is 1.75 bits per heavy atom. The molecule has 4 nitrogen and oxygen atoms in total. The minimum atomic E-state index is -0.525. The van der Waals surface area contributed by atoms with Crippen molar-refractivity contribution in [1.29, 1.82) is 0 Å². The van der Waals surface area contributed by atoms with Gasteiger partial charge in [0.25, 0.3) is 0 Å². The van der Waals surface area contributed by atoms with E-state index in [9.17, 15) is 0 Å². The van der Waals surface area contributed by atoms with Gasteiger partial charge in [0.05, 0.1) is 12.8 Å². The third-order valence-electron chi connectivity index (χ3n) is 4.28. The quantitative estimate of drug-likeness (QED) is 0.442. The summed E-state index contributed by atoms with van der Waals surface area (Å²) in [5.41, 5.74) is 1.04. The number of oxime groups is 1. The third kappa shape index (κ3) is 3.25. The SMILES string of the molecule is CO/N=C/c1ccc(OC(C)(C)C2(c3ccc(Cl)cc3)CO2)cc1. The van der Waals surface area contributed by atoms with Gasteiger partial charge in [0.15, 0.2) is 5.60 Å². The monoisotopic (exact) mass is 345 g/mol. The highest BCUT2D eigenvalue weighted by atomic mass is 35.5. The maximum Gasteiger partial charge on any atom is 0.155 e. The van der Waals surface area contributed by atoms with Gasteiger partial charge >= 0.3 is 0 Å². The van der Waals surface area contributed by atoms with Gasteiger partial charge in [-0.2, -0.15) is 0 Å². The molecule has 1 atom stereocenters. The highest BCUT2D eigenvalue weighted by Crippen LogP contribution is 2.49. The van der Waals surface area contributed by atoms with Gasteiger partial charge in [0.1, 0.15) is 18.5 Å². The summed E-state index contributed by atoms with van der Waals surface area (Å²) >= 11 is 5.99. The summed E-state index contributed by atoms with van der Waals surface area (Å²) in [6.07, 6.45) is 1.65. The molecule has 2 aromatic carbocycles. The Balaban J connectivity index is 1.78. The first-order valence-corrected chi connectivity index (χ1v) is 8.10. The average molecular weight is 346 g/mol. The largest absolute Gasteiger partial charge is 0.484 e. The fraction of sp³-hybridized carbons (Fsp3) is 0.316. The molecule has 0 aliphatic carbocycles. The van der Waals surface area contributed by atoms with Gasteiger partial charge in [-0.1, -0.05) is 28.9 Å². The van der Waals surface area contributed by atoms with Crippen molar-refractivity contribution in [2.75, 3.05) is 13.7 Å². The number of benzene rings is 2. The smallest absolute Gasteiger partial charge is 0.155 e. The molecule has 1 aliphatic rings. The molecule has 1 heterocycles. The van der Waals surface area contributed by atoms with E-state index in [0.717, 1.165) is 16.9 Å². The van der Waals surface area contributed by atoms with Crippen molar-refractivity contribution in [3.05, 3.63) is 64.7 Å². The van der Waals surface area contributed by atoms with Crippen molar-refractivity contribution >= 4 is 17.8 Å². The van der Waals surface area contributed by atoms with Crippen molar-refractivity contribution in [1.82, 2.24) is 0 Å². The van der Waals surface area contributed by atoms with Crippen LogP contribution in [0, 0.1) is 0 Å². The van der Waals surface area contributed by atoms with Gasteiger partial charge in [0.2, 0.25) is 0 Å². The Labute approximate surface area is 147 Å². The zero-order valence-corrected chi connectivity index (χ0v) is 14.7. The number of ether oxygens (including phenoxy) is 2. The second-order valence-corrected chi connectivity index (χ2v) is 6.66. The van der Waals surface area contributed by atoms with Gasteiger partial charge in [-0.25, -0.2) is 0 Å². The first-order chi connectivity index (χ1) is 11.5. The number of hydrogen-bond donors (Lipinski definition) is 0. The molecule has 0 amide bonds. The van der Waals surface area contributed by atoms with Crippen LogP contribution in [0.15, 0.2) is 53.7 Å². The molecule has 5 heteroatoms. The van der Waals surface area contributed by atoms with E-state index in [-0.39, 0.29) is 0 Å². The molecule has 0 spiro atoms. The maximum absolute atomic E-state index is 6.24. The molecule has 126 valence electrons. The van der Waals surface area contributed by atoms with E-state index in [0.29, 0.717) is 11.6 Å². The lowest BCUT2D eigenvalue weighted by atomic mass is 9.84. The standard InChI is InChI=1S/C19H20ClNO3/c1-18(2,19(13-23-19)15-6-8-16(20)9-7-15)24-17-10-4-14(5-11-17)12-21-22-3/h4-12H,13H2,1-3H3/b21-12+. The second-order valence-electron chi connectivity index (χ2n) is 6.22. The zero-order valence-electron chi connectivity index (χ0n) is 14.0. The van der Waals surface area contributed by atoms with Crippen LogP contribution in [0.3, 0.4) is 0 Å². The summed E-state index contributed by atoms with van der Waals surface area (Å²) in [6, 6.07) is 15.4. The summed E-state index contributed by atoms with van der Waals surface area (Å²) in [6.45, 7) is 4.70. The molecule has 24 heavy (non-hydrogen) atoms. The number of nitrogens with zero attached hydrogens (tertiary/aromatic N) is 1. The number of epoxide rings is 1. The van der Waals surface area contributed by atoms with Gasteiger partial charge in [-0.05, 0) is 61.4 Å². The highest BCUT2D eigenvalue weighted by molar-refractivity contribution is 6.30. The molecule has 1 unspecified atom stereocenters. The molecule has 1 saturated heterocycles. The Kier molecular flexibility index (Phi) is 4.52. The second kappa shape index (κ2) is 6.46. The fourth-order valence-electron chi connectivity index (χ4n) is 2.77. The van der Waals surface area contributed by atoms with E-state index in [4.69, 9.17) is 21.1 Å². The molecule has 2 aromatic rings. The third-order valence-corrected chi connectivity index (χ3v) is 4.53. The molecule has 0 N–H and O–H groups in total. The molecule has 1 aliphatic heterocycles. The highest BCUT2D eigenvalue weighted by Gasteiger charge is 2.60. The topological polar surface area (TPSA) is 43.4 Å².